The van der Waals surface area contributed by atoms with Crippen molar-refractivity contribution in [3.05, 3.63) is 48.0 Å². The maximum absolute atomic E-state index is 13.5. The van der Waals surface area contributed by atoms with E-state index in [4.69, 9.17) is 4.74 Å². The summed E-state index contributed by atoms with van der Waals surface area (Å²) in [6.45, 7) is 5.19. The highest BCUT2D eigenvalue weighted by atomic mass is 32.2. The Balaban J connectivity index is 1.50. The average Bonchev–Trinajstić information content (AvgIpc) is 2.87. The van der Waals surface area contributed by atoms with Gasteiger partial charge < -0.3 is 14.5 Å². The molecule has 35 heavy (non-hydrogen) atoms. The fraction of sp³-hybridized carbons (Fsp3) is 0.462. The van der Waals surface area contributed by atoms with Crippen molar-refractivity contribution in [2.45, 2.75) is 44.4 Å². The maximum atomic E-state index is 13.5. The minimum atomic E-state index is -3.76. The van der Waals surface area contributed by atoms with Crippen LogP contribution in [0.1, 0.15) is 38.7 Å². The summed E-state index contributed by atoms with van der Waals surface area (Å²) in [6.07, 6.45) is 2.80. The number of hydrogen-bond donors (Lipinski definition) is 0. The number of aryl methyl sites for hydroxylation is 1. The highest BCUT2D eigenvalue weighted by Crippen LogP contribution is 2.32. The normalized spacial score (nSPS) is 18.6. The number of rotatable bonds is 6. The lowest BCUT2D eigenvalue weighted by atomic mass is 9.98. The molecule has 0 saturated carbocycles. The molecular weight excluding hydrogens is 466 g/mol. The number of benzene rings is 2. The predicted molar refractivity (Wildman–Crippen MR) is 135 cm³/mol. The van der Waals surface area contributed by atoms with Crippen molar-refractivity contribution >= 4 is 33.2 Å². The first-order chi connectivity index (χ1) is 16.7. The number of carbonyl (C=O) groups excluding carboxylic acids is 2. The summed E-state index contributed by atoms with van der Waals surface area (Å²) < 4.78 is 33.9. The number of piperidine rings is 1. The van der Waals surface area contributed by atoms with Crippen molar-refractivity contribution in [3.8, 4) is 5.75 Å². The largest absolute Gasteiger partial charge is 0.494 e. The number of hydrogen-bond acceptors (Lipinski definition) is 5. The minimum absolute atomic E-state index is 0.0457. The first-order valence-electron chi connectivity index (χ1n) is 12.1. The van der Waals surface area contributed by atoms with Crippen LogP contribution >= 0.6 is 0 Å². The molecule has 0 aliphatic carbocycles. The Labute approximate surface area is 207 Å². The van der Waals surface area contributed by atoms with Gasteiger partial charge in [-0.05, 0) is 80.6 Å². The first kappa shape index (κ1) is 25.2. The molecular formula is C26H33N3O5S. The Kier molecular flexibility index (Phi) is 7.47. The summed E-state index contributed by atoms with van der Waals surface area (Å²) in [4.78, 5) is 28.7. The molecule has 1 saturated heterocycles. The molecule has 0 spiro atoms. The van der Waals surface area contributed by atoms with E-state index in [2.05, 4.69) is 0 Å². The Hall–Kier alpha value is -2.91. The molecule has 0 radical (unpaired) electrons. The summed E-state index contributed by atoms with van der Waals surface area (Å²) in [5.41, 5.74) is 2.39. The number of fused-ring (bicyclic) bond motifs is 1. The summed E-state index contributed by atoms with van der Waals surface area (Å²) in [5, 5.41) is 0. The van der Waals surface area contributed by atoms with Crippen molar-refractivity contribution < 1.29 is 22.7 Å². The fourth-order valence-electron chi connectivity index (χ4n) is 4.91. The lowest BCUT2D eigenvalue weighted by Gasteiger charge is -2.34. The Morgan fingerprint density at radius 1 is 1.09 bits per heavy atom. The molecule has 2 aliphatic rings. The van der Waals surface area contributed by atoms with Crippen LogP contribution in [0.25, 0.3) is 0 Å². The Morgan fingerprint density at radius 3 is 2.51 bits per heavy atom. The smallest absolute Gasteiger partial charge is 0.243 e. The van der Waals surface area contributed by atoms with Crippen molar-refractivity contribution in [3.63, 3.8) is 0 Å². The van der Waals surface area contributed by atoms with Gasteiger partial charge in [0, 0.05) is 45.0 Å². The fourth-order valence-corrected chi connectivity index (χ4v) is 6.48. The molecule has 1 atom stereocenters. The molecule has 4 rings (SSSR count). The zero-order valence-corrected chi connectivity index (χ0v) is 21.4. The minimum Gasteiger partial charge on any atom is -0.494 e. The topological polar surface area (TPSA) is 87.2 Å². The van der Waals surface area contributed by atoms with E-state index in [9.17, 15) is 18.0 Å². The van der Waals surface area contributed by atoms with E-state index in [-0.39, 0.29) is 23.3 Å². The second-order valence-corrected chi connectivity index (χ2v) is 11.0. The lowest BCUT2D eigenvalue weighted by Crippen LogP contribution is -2.46. The summed E-state index contributed by atoms with van der Waals surface area (Å²) in [7, 11) is -2.04. The predicted octanol–water partition coefficient (Wildman–Crippen LogP) is 3.45. The van der Waals surface area contributed by atoms with Gasteiger partial charge >= 0.3 is 0 Å². The summed E-state index contributed by atoms with van der Waals surface area (Å²) in [6, 6.07) is 12.3. The Morgan fingerprint density at radius 2 is 1.83 bits per heavy atom. The molecule has 2 heterocycles. The standard InChI is InChI=1S/C26H33N3O5S/c1-4-34-23-11-9-22(10-12-23)27(3)26(31)21-8-5-15-28(18-21)35(32,33)24-13-14-25-20(17-24)7-6-16-29(25)19(2)30/h9-14,17,21H,4-8,15-16,18H2,1-3H3. The van der Waals surface area contributed by atoms with E-state index >= 15 is 0 Å². The quantitative estimate of drug-likeness (QED) is 0.608. The van der Waals surface area contributed by atoms with E-state index in [1.54, 1.807) is 35.0 Å². The van der Waals surface area contributed by atoms with Crippen molar-refractivity contribution in [2.24, 2.45) is 5.92 Å². The second kappa shape index (κ2) is 10.4. The van der Waals surface area contributed by atoms with Gasteiger partial charge in [-0.2, -0.15) is 4.31 Å². The third-order valence-corrected chi connectivity index (χ3v) is 8.65. The van der Waals surface area contributed by atoms with Crippen LogP contribution in [0.5, 0.6) is 5.75 Å². The third-order valence-electron chi connectivity index (χ3n) is 6.79. The van der Waals surface area contributed by atoms with Crippen LogP contribution in [0, 0.1) is 5.92 Å². The molecule has 2 amide bonds. The van der Waals surface area contributed by atoms with Gasteiger partial charge in [-0.15, -0.1) is 0 Å². The van der Waals surface area contributed by atoms with Crippen LogP contribution in [0.4, 0.5) is 11.4 Å². The number of amides is 2. The molecule has 1 unspecified atom stereocenters. The number of ether oxygens (including phenoxy) is 1. The van der Waals surface area contributed by atoms with E-state index in [0.717, 1.165) is 35.5 Å². The van der Waals surface area contributed by atoms with Crippen LogP contribution in [0.2, 0.25) is 0 Å². The van der Waals surface area contributed by atoms with Crippen molar-refractivity contribution in [1.82, 2.24) is 4.31 Å². The lowest BCUT2D eigenvalue weighted by molar-refractivity contribution is -0.123. The van der Waals surface area contributed by atoms with Gasteiger partial charge in [0.15, 0.2) is 0 Å². The molecule has 8 nitrogen and oxygen atoms in total. The highest BCUT2D eigenvalue weighted by Gasteiger charge is 2.35. The maximum Gasteiger partial charge on any atom is 0.243 e. The number of carbonyl (C=O) groups is 2. The SMILES string of the molecule is CCOc1ccc(N(C)C(=O)C2CCCN(S(=O)(=O)c3ccc4c(c3)CCCN4C(C)=O)C2)cc1. The van der Waals surface area contributed by atoms with Gasteiger partial charge in [-0.1, -0.05) is 0 Å². The van der Waals surface area contributed by atoms with Crippen molar-refractivity contribution in [2.75, 3.05) is 43.1 Å². The number of anilines is 2. The van der Waals surface area contributed by atoms with Gasteiger partial charge in [-0.3, -0.25) is 9.59 Å². The van der Waals surface area contributed by atoms with Gasteiger partial charge in [-0.25, -0.2) is 8.42 Å². The average molecular weight is 500 g/mol. The summed E-state index contributed by atoms with van der Waals surface area (Å²) >= 11 is 0. The van der Waals surface area contributed by atoms with Crippen molar-refractivity contribution in [1.29, 1.82) is 0 Å². The van der Waals surface area contributed by atoms with Crippen LogP contribution < -0.4 is 14.5 Å². The van der Waals surface area contributed by atoms with E-state index in [1.165, 1.54) is 11.2 Å². The molecule has 2 aliphatic heterocycles. The van der Waals surface area contributed by atoms with Crippen LogP contribution in [0.3, 0.4) is 0 Å². The van der Waals surface area contributed by atoms with Gasteiger partial charge in [0.1, 0.15) is 5.75 Å². The number of nitrogens with zero attached hydrogens (tertiary/aromatic N) is 3. The third kappa shape index (κ3) is 5.21. The van der Waals surface area contributed by atoms with Gasteiger partial charge in [0.25, 0.3) is 0 Å². The molecule has 2 aromatic carbocycles. The number of sulfonamides is 1. The molecule has 0 bridgehead atoms. The van der Waals surface area contributed by atoms with Gasteiger partial charge in [0.05, 0.1) is 17.4 Å². The van der Waals surface area contributed by atoms with E-state index in [0.29, 0.717) is 32.5 Å². The zero-order valence-electron chi connectivity index (χ0n) is 20.6. The molecule has 9 heteroatoms. The molecule has 1 fully saturated rings. The summed E-state index contributed by atoms with van der Waals surface area (Å²) in [5.74, 6) is 0.177. The van der Waals surface area contributed by atoms with Crippen LogP contribution in [-0.2, 0) is 26.0 Å². The van der Waals surface area contributed by atoms with Crippen LogP contribution in [-0.4, -0.2) is 57.8 Å². The monoisotopic (exact) mass is 499 g/mol. The second-order valence-electron chi connectivity index (χ2n) is 9.09. The highest BCUT2D eigenvalue weighted by molar-refractivity contribution is 7.89. The van der Waals surface area contributed by atoms with Crippen LogP contribution in [0.15, 0.2) is 47.4 Å². The first-order valence-corrected chi connectivity index (χ1v) is 13.6. The van der Waals surface area contributed by atoms with E-state index in [1.807, 2.05) is 31.2 Å². The van der Waals surface area contributed by atoms with E-state index < -0.39 is 15.9 Å². The Bertz CT molecular complexity index is 1200. The zero-order chi connectivity index (χ0) is 25.2. The molecule has 0 N–H and O–H groups in total. The molecule has 0 aromatic heterocycles. The molecule has 2 aromatic rings. The van der Waals surface area contributed by atoms with Gasteiger partial charge in [0.2, 0.25) is 21.8 Å². The molecule has 188 valence electrons.